The number of aromatic nitrogens is 4. The Morgan fingerprint density at radius 1 is 1.22 bits per heavy atom. The smallest absolute Gasteiger partial charge is 0.272 e. The van der Waals surface area contributed by atoms with Gasteiger partial charge in [-0.1, -0.05) is 17.7 Å². The van der Waals surface area contributed by atoms with E-state index >= 15 is 0 Å². The van der Waals surface area contributed by atoms with Gasteiger partial charge in [-0.25, -0.2) is 4.68 Å². The van der Waals surface area contributed by atoms with Gasteiger partial charge in [-0.2, -0.15) is 10.2 Å². The number of aryl methyl sites for hydroxylation is 4. The van der Waals surface area contributed by atoms with Gasteiger partial charge in [0.25, 0.3) is 5.91 Å². The highest BCUT2D eigenvalue weighted by atomic mass is 16.5. The molecule has 2 heterocycles. The van der Waals surface area contributed by atoms with E-state index in [4.69, 9.17) is 4.74 Å². The van der Waals surface area contributed by atoms with Crippen molar-refractivity contribution in [2.24, 2.45) is 7.05 Å². The van der Waals surface area contributed by atoms with E-state index in [2.05, 4.69) is 21.6 Å². The van der Waals surface area contributed by atoms with E-state index < -0.39 is 0 Å². The van der Waals surface area contributed by atoms with E-state index in [1.807, 2.05) is 53.1 Å². The molecule has 0 aliphatic rings. The van der Waals surface area contributed by atoms with Crippen LogP contribution in [0.1, 0.15) is 45.8 Å². The number of nitrogens with one attached hydrogen (secondary N) is 1. The zero-order valence-electron chi connectivity index (χ0n) is 16.4. The van der Waals surface area contributed by atoms with E-state index in [0.717, 1.165) is 22.6 Å². The Labute approximate surface area is 159 Å². The Balaban J connectivity index is 1.61. The predicted octanol–water partition coefficient (Wildman–Crippen LogP) is 3.07. The van der Waals surface area contributed by atoms with Crippen LogP contribution < -0.4 is 10.1 Å². The predicted molar refractivity (Wildman–Crippen MR) is 103 cm³/mol. The molecule has 27 heavy (non-hydrogen) atoms. The summed E-state index contributed by atoms with van der Waals surface area (Å²) in [5.41, 5.74) is 4.51. The lowest BCUT2D eigenvalue weighted by molar-refractivity contribution is 0.0932. The zero-order chi connectivity index (χ0) is 19.6. The van der Waals surface area contributed by atoms with Crippen LogP contribution in [0.3, 0.4) is 0 Å². The van der Waals surface area contributed by atoms with Crippen molar-refractivity contribution in [3.63, 3.8) is 0 Å². The minimum atomic E-state index is -0.226. The highest BCUT2D eigenvalue weighted by Gasteiger charge is 2.17. The molecule has 1 amide bonds. The van der Waals surface area contributed by atoms with Gasteiger partial charge in [0.15, 0.2) is 6.73 Å². The van der Waals surface area contributed by atoms with Gasteiger partial charge >= 0.3 is 0 Å². The summed E-state index contributed by atoms with van der Waals surface area (Å²) in [6, 6.07) is 7.55. The van der Waals surface area contributed by atoms with Crippen LogP contribution in [0.2, 0.25) is 0 Å². The van der Waals surface area contributed by atoms with Crippen LogP contribution in [0.15, 0.2) is 36.7 Å². The molecule has 142 valence electrons. The largest absolute Gasteiger partial charge is 0.471 e. The monoisotopic (exact) mass is 367 g/mol. The third-order valence-electron chi connectivity index (χ3n) is 4.42. The molecule has 1 atom stereocenters. The average molecular weight is 367 g/mol. The molecule has 0 aliphatic carbocycles. The fourth-order valence-corrected chi connectivity index (χ4v) is 3.04. The molecule has 7 nitrogen and oxygen atoms in total. The summed E-state index contributed by atoms with van der Waals surface area (Å²) in [5, 5.41) is 11.6. The van der Waals surface area contributed by atoms with E-state index in [9.17, 15) is 4.79 Å². The molecular weight excluding hydrogens is 342 g/mol. The summed E-state index contributed by atoms with van der Waals surface area (Å²) in [5.74, 6) is 0.582. The Morgan fingerprint density at radius 2 is 2.00 bits per heavy atom. The number of nitrogens with zero attached hydrogens (tertiary/aromatic N) is 4. The van der Waals surface area contributed by atoms with Crippen LogP contribution in [-0.2, 0) is 13.8 Å². The molecule has 0 radical (unpaired) electrons. The SMILES string of the molecule is Cc1ccc(OCn2ccc(C(=O)NC(C)c3cn(C)nc3C)n2)c(C)c1. The van der Waals surface area contributed by atoms with Crippen molar-refractivity contribution in [2.45, 2.75) is 40.5 Å². The number of hydrogen-bond donors (Lipinski definition) is 1. The number of benzene rings is 1. The van der Waals surface area contributed by atoms with Gasteiger partial charge in [-0.05, 0) is 45.4 Å². The maximum atomic E-state index is 12.5. The van der Waals surface area contributed by atoms with Crippen LogP contribution >= 0.6 is 0 Å². The topological polar surface area (TPSA) is 74.0 Å². The van der Waals surface area contributed by atoms with Crippen molar-refractivity contribution in [1.29, 1.82) is 0 Å². The lowest BCUT2D eigenvalue weighted by Crippen LogP contribution is -2.27. The summed E-state index contributed by atoms with van der Waals surface area (Å²) in [4.78, 5) is 12.5. The molecule has 2 aromatic heterocycles. The Kier molecular flexibility index (Phi) is 5.30. The molecule has 1 aromatic carbocycles. The standard InChI is InChI=1S/C20H25N5O2/c1-13-6-7-19(14(2)10-13)27-12-25-9-8-18(23-25)20(26)21-15(3)17-11-24(5)22-16(17)4/h6-11,15H,12H2,1-5H3,(H,21,26). The van der Waals surface area contributed by atoms with E-state index in [1.165, 1.54) is 5.56 Å². The number of rotatable bonds is 6. The maximum Gasteiger partial charge on any atom is 0.272 e. The van der Waals surface area contributed by atoms with Crippen molar-refractivity contribution in [3.8, 4) is 5.75 Å². The second-order valence-electron chi connectivity index (χ2n) is 6.82. The van der Waals surface area contributed by atoms with Crippen LogP contribution in [0.4, 0.5) is 0 Å². The van der Waals surface area contributed by atoms with Crippen molar-refractivity contribution >= 4 is 5.91 Å². The summed E-state index contributed by atoms with van der Waals surface area (Å²) in [6.45, 7) is 8.16. The van der Waals surface area contributed by atoms with Crippen molar-refractivity contribution in [2.75, 3.05) is 0 Å². The fourth-order valence-electron chi connectivity index (χ4n) is 3.04. The third-order valence-corrected chi connectivity index (χ3v) is 4.42. The zero-order valence-corrected chi connectivity index (χ0v) is 16.4. The van der Waals surface area contributed by atoms with Gasteiger partial charge < -0.3 is 10.1 Å². The molecule has 0 bridgehead atoms. The normalized spacial score (nSPS) is 12.0. The first kappa shape index (κ1) is 18.7. The maximum absolute atomic E-state index is 12.5. The molecule has 0 saturated carbocycles. The molecule has 0 fully saturated rings. The average Bonchev–Trinajstić information content (AvgIpc) is 3.20. The van der Waals surface area contributed by atoms with Gasteiger partial charge in [-0.15, -0.1) is 0 Å². The number of carbonyl (C=O) groups is 1. The molecule has 1 unspecified atom stereocenters. The molecule has 3 rings (SSSR count). The summed E-state index contributed by atoms with van der Waals surface area (Å²) < 4.78 is 9.15. The van der Waals surface area contributed by atoms with Crippen molar-refractivity contribution in [3.05, 3.63) is 64.7 Å². The van der Waals surface area contributed by atoms with Gasteiger partial charge in [0.1, 0.15) is 11.4 Å². The Morgan fingerprint density at radius 3 is 2.67 bits per heavy atom. The fraction of sp³-hybridized carbons (Fsp3) is 0.350. The highest BCUT2D eigenvalue weighted by molar-refractivity contribution is 5.92. The highest BCUT2D eigenvalue weighted by Crippen LogP contribution is 2.19. The molecule has 7 heteroatoms. The van der Waals surface area contributed by atoms with Gasteiger partial charge in [0, 0.05) is 25.0 Å². The van der Waals surface area contributed by atoms with Crippen molar-refractivity contribution in [1.82, 2.24) is 24.9 Å². The second-order valence-corrected chi connectivity index (χ2v) is 6.82. The summed E-state index contributed by atoms with van der Waals surface area (Å²) >= 11 is 0. The minimum Gasteiger partial charge on any atom is -0.471 e. The number of ether oxygens (including phenoxy) is 1. The number of hydrogen-bond acceptors (Lipinski definition) is 4. The molecule has 0 saturated heterocycles. The quantitative estimate of drug-likeness (QED) is 0.727. The van der Waals surface area contributed by atoms with Crippen LogP contribution in [-0.4, -0.2) is 25.5 Å². The molecule has 3 aromatic rings. The van der Waals surface area contributed by atoms with Crippen LogP contribution in [0.5, 0.6) is 5.75 Å². The Hall–Kier alpha value is -3.09. The van der Waals surface area contributed by atoms with Gasteiger partial charge in [0.2, 0.25) is 0 Å². The van der Waals surface area contributed by atoms with Gasteiger partial charge in [0.05, 0.1) is 11.7 Å². The number of amides is 1. The first-order valence-corrected chi connectivity index (χ1v) is 8.88. The first-order chi connectivity index (χ1) is 12.8. The summed E-state index contributed by atoms with van der Waals surface area (Å²) in [7, 11) is 1.86. The lowest BCUT2D eigenvalue weighted by atomic mass is 10.1. The summed E-state index contributed by atoms with van der Waals surface area (Å²) in [6.07, 6.45) is 3.65. The van der Waals surface area contributed by atoms with E-state index in [0.29, 0.717) is 5.69 Å². The minimum absolute atomic E-state index is 0.150. The molecule has 0 aliphatic heterocycles. The van der Waals surface area contributed by atoms with E-state index in [1.54, 1.807) is 21.6 Å². The third kappa shape index (κ3) is 4.36. The van der Waals surface area contributed by atoms with E-state index in [-0.39, 0.29) is 18.7 Å². The first-order valence-electron chi connectivity index (χ1n) is 8.88. The van der Waals surface area contributed by atoms with Crippen molar-refractivity contribution < 1.29 is 9.53 Å². The van der Waals surface area contributed by atoms with Gasteiger partial charge in [-0.3, -0.25) is 9.48 Å². The second kappa shape index (κ2) is 7.65. The molecule has 1 N–H and O–H groups in total. The molecule has 0 spiro atoms. The number of carbonyl (C=O) groups excluding carboxylic acids is 1. The lowest BCUT2D eigenvalue weighted by Gasteiger charge is -2.12. The van der Waals surface area contributed by atoms with Crippen LogP contribution in [0, 0.1) is 20.8 Å². The Bertz CT molecular complexity index is 957. The van der Waals surface area contributed by atoms with Crippen LogP contribution in [0.25, 0.3) is 0 Å². The molecular formula is C20H25N5O2.